The first-order valence-electron chi connectivity index (χ1n) is 11.3. The van der Waals surface area contributed by atoms with Crippen molar-refractivity contribution in [1.82, 2.24) is 4.90 Å². The molecule has 0 spiro atoms. The van der Waals surface area contributed by atoms with E-state index in [1.165, 1.54) is 18.1 Å². The Hall–Kier alpha value is -3.62. The normalized spacial score (nSPS) is 17.6. The van der Waals surface area contributed by atoms with Crippen molar-refractivity contribution >= 4 is 39.5 Å². The van der Waals surface area contributed by atoms with Gasteiger partial charge in [0.1, 0.15) is 0 Å². The fourth-order valence-corrected chi connectivity index (χ4v) is 5.46. The third kappa shape index (κ3) is 4.49. The number of nitro groups is 1. The third-order valence-corrected chi connectivity index (χ3v) is 6.81. The van der Waals surface area contributed by atoms with Crippen LogP contribution in [0.4, 0.5) is 10.5 Å². The quantitative estimate of drug-likeness (QED) is 0.199. The van der Waals surface area contributed by atoms with E-state index in [4.69, 9.17) is 14.2 Å². The molecule has 2 aromatic carbocycles. The number of para-hydroxylation sites is 1. The summed E-state index contributed by atoms with van der Waals surface area (Å²) in [4.78, 5) is 40.0. The first-order chi connectivity index (χ1) is 17.3. The number of nitrogens with zero attached hydrogens (tertiary/aromatic N) is 2. The summed E-state index contributed by atoms with van der Waals surface area (Å²) in [5, 5.41) is 12.2. The zero-order valence-corrected chi connectivity index (χ0v) is 22.2. The van der Waals surface area contributed by atoms with Crippen LogP contribution in [-0.4, -0.2) is 58.2 Å². The molecule has 1 heterocycles. The minimum atomic E-state index is -1.48. The Morgan fingerprint density at radius 1 is 1.03 bits per heavy atom. The first kappa shape index (κ1) is 27.0. The van der Waals surface area contributed by atoms with Gasteiger partial charge in [0.05, 0.1) is 0 Å². The molecule has 0 aliphatic carbocycles. The van der Waals surface area contributed by atoms with Crippen LogP contribution in [0.1, 0.15) is 31.9 Å². The Morgan fingerprint density at radius 2 is 1.64 bits per heavy atom. The van der Waals surface area contributed by atoms with E-state index < -0.39 is 22.4 Å². The molecule has 1 aliphatic heterocycles. The molecule has 0 aromatic heterocycles. The van der Waals surface area contributed by atoms with Crippen LogP contribution in [0.25, 0.3) is 5.70 Å². The average Bonchev–Trinajstić information content (AvgIpc) is 2.88. The van der Waals surface area contributed by atoms with Crippen molar-refractivity contribution in [2.24, 2.45) is 0 Å². The van der Waals surface area contributed by atoms with E-state index in [1.54, 1.807) is 69.3 Å². The molecule has 2 aromatic rings. The second-order valence-electron chi connectivity index (χ2n) is 7.79. The molecule has 189 valence electrons. The Morgan fingerprint density at radius 3 is 2.19 bits per heavy atom. The number of nitro benzene ring substituents is 1. The molecule has 0 saturated heterocycles. The fourth-order valence-electron chi connectivity index (χ4n) is 4.55. The summed E-state index contributed by atoms with van der Waals surface area (Å²) in [5.74, 6) is -0.549. The summed E-state index contributed by atoms with van der Waals surface area (Å²) in [7, 11) is 1.40. The Bertz CT molecular complexity index is 1230. The van der Waals surface area contributed by atoms with Gasteiger partial charge in [0.15, 0.2) is 0 Å². The second-order valence-corrected chi connectivity index (χ2v) is 8.39. The summed E-state index contributed by atoms with van der Waals surface area (Å²) in [5.41, 5.74) is -0.365. The summed E-state index contributed by atoms with van der Waals surface area (Å²) >= 11 is 2.96. The summed E-state index contributed by atoms with van der Waals surface area (Å²) in [6, 6.07) is 15.0. The first-order valence-corrected chi connectivity index (χ1v) is 12.5. The molecule has 1 radical (unpaired) electrons. The van der Waals surface area contributed by atoms with Gasteiger partial charge in [-0.15, -0.1) is 0 Å². The number of rotatable bonds is 8. The number of carbonyl (C=O) groups is 2. The molecular weight excluding hydrogens is 531 g/mol. The van der Waals surface area contributed by atoms with Gasteiger partial charge in [-0.3, -0.25) is 0 Å². The van der Waals surface area contributed by atoms with Crippen LogP contribution in [0.15, 0.2) is 71.6 Å². The van der Waals surface area contributed by atoms with Crippen LogP contribution in [0.5, 0.6) is 0 Å². The molecule has 0 fully saturated rings. The van der Waals surface area contributed by atoms with Gasteiger partial charge in [0, 0.05) is 0 Å². The number of benzene rings is 2. The zero-order chi connectivity index (χ0) is 26.5. The number of ether oxygens (including phenoxy) is 3. The summed E-state index contributed by atoms with van der Waals surface area (Å²) < 4.78 is 16.7. The Kier molecular flexibility index (Phi) is 8.55. The number of allylic oxidation sites excluding steroid dienone is 2. The third-order valence-electron chi connectivity index (χ3n) is 5.90. The molecule has 1 unspecified atom stereocenters. The number of hydrogen-bond donors (Lipinski definition) is 0. The number of methoxy groups -OCH3 is 1. The molecule has 0 saturated carbocycles. The van der Waals surface area contributed by atoms with Gasteiger partial charge in [-0.25, -0.2) is 0 Å². The number of carbonyl (C=O) groups excluding carboxylic acids is 2. The number of hydrogen-bond acceptors (Lipinski definition) is 7. The maximum atomic E-state index is 13.8. The van der Waals surface area contributed by atoms with Crippen molar-refractivity contribution in [3.8, 4) is 0 Å². The van der Waals surface area contributed by atoms with Crippen molar-refractivity contribution in [3.05, 3.63) is 92.9 Å². The van der Waals surface area contributed by atoms with Crippen LogP contribution in [0, 0.1) is 10.1 Å². The van der Waals surface area contributed by atoms with E-state index in [9.17, 15) is 19.7 Å². The van der Waals surface area contributed by atoms with Gasteiger partial charge in [-0.1, -0.05) is 0 Å². The monoisotopic (exact) mass is 559 g/mol. The Balaban J connectivity index is 2.60. The number of esters is 1. The minimum absolute atomic E-state index is 0.0269. The SMILES string of the molecule is CCOC(=O)C1=C(c2ccccc2)N(C(=O)OCC)C(C)=C(OC)C1(C[Se])c1ccccc1[N+](=O)[O-]. The van der Waals surface area contributed by atoms with E-state index >= 15 is 0 Å². The standard InChI is InChI=1S/C26H27N2O7Se/c1-5-34-24(29)21-22(18-12-8-7-9-13-18)27(25(30)35-6-2)17(3)23(33-4)26(21,16-36)19-14-10-11-15-20(19)28(31)32/h7-15H,5-6,16H2,1-4H3. The molecule has 10 heteroatoms. The molecule has 0 bridgehead atoms. The van der Waals surface area contributed by atoms with Gasteiger partial charge < -0.3 is 0 Å². The van der Waals surface area contributed by atoms with Gasteiger partial charge >= 0.3 is 218 Å². The summed E-state index contributed by atoms with van der Waals surface area (Å²) in [6.07, 6.45) is -0.721. The van der Waals surface area contributed by atoms with E-state index in [2.05, 4.69) is 16.0 Å². The van der Waals surface area contributed by atoms with E-state index in [-0.39, 0.29) is 46.8 Å². The molecule has 9 nitrogen and oxygen atoms in total. The van der Waals surface area contributed by atoms with Gasteiger partial charge in [-0.05, 0) is 0 Å². The van der Waals surface area contributed by atoms with E-state index in [0.29, 0.717) is 11.3 Å². The van der Waals surface area contributed by atoms with Crippen molar-refractivity contribution in [3.63, 3.8) is 0 Å². The van der Waals surface area contributed by atoms with Gasteiger partial charge in [0.25, 0.3) is 0 Å². The Labute approximate surface area is 217 Å². The van der Waals surface area contributed by atoms with Crippen LogP contribution in [0.3, 0.4) is 0 Å². The van der Waals surface area contributed by atoms with Crippen molar-refractivity contribution in [2.45, 2.75) is 31.5 Å². The molecule has 1 aliphatic rings. The molecular formula is C26H27N2O7Se. The summed E-state index contributed by atoms with van der Waals surface area (Å²) in [6.45, 7) is 5.14. The van der Waals surface area contributed by atoms with Gasteiger partial charge in [-0.2, -0.15) is 0 Å². The van der Waals surface area contributed by atoms with E-state index in [1.807, 2.05) is 0 Å². The predicted molar refractivity (Wildman–Crippen MR) is 134 cm³/mol. The average molecular weight is 558 g/mol. The van der Waals surface area contributed by atoms with Gasteiger partial charge in [0.2, 0.25) is 0 Å². The van der Waals surface area contributed by atoms with Crippen molar-refractivity contribution in [2.75, 3.05) is 20.3 Å². The molecule has 0 N–H and O–H groups in total. The second kappa shape index (κ2) is 11.4. The van der Waals surface area contributed by atoms with Crippen molar-refractivity contribution in [1.29, 1.82) is 0 Å². The predicted octanol–water partition coefficient (Wildman–Crippen LogP) is 4.74. The van der Waals surface area contributed by atoms with Crippen molar-refractivity contribution < 1.29 is 28.7 Å². The van der Waals surface area contributed by atoms with Crippen LogP contribution in [-0.2, 0) is 24.4 Å². The fraction of sp³-hybridized carbons (Fsp3) is 0.308. The molecule has 1 atom stereocenters. The number of amides is 1. The molecule has 1 amide bonds. The van der Waals surface area contributed by atoms with Crippen LogP contribution in [0.2, 0.25) is 5.32 Å². The molecule has 3 rings (SSSR count). The molecule has 36 heavy (non-hydrogen) atoms. The van der Waals surface area contributed by atoms with Crippen LogP contribution < -0.4 is 0 Å². The van der Waals surface area contributed by atoms with Crippen LogP contribution >= 0.6 is 0 Å². The topological polar surface area (TPSA) is 108 Å². The van der Waals surface area contributed by atoms with E-state index in [0.717, 1.165) is 0 Å². The zero-order valence-electron chi connectivity index (χ0n) is 20.5. The maximum absolute atomic E-state index is 13.8.